The van der Waals surface area contributed by atoms with Gasteiger partial charge in [0, 0.05) is 44.1 Å². The molecule has 2 aromatic heterocycles. The number of hydrogen-bond donors (Lipinski definition) is 1. The number of rotatable bonds is 2. The summed E-state index contributed by atoms with van der Waals surface area (Å²) >= 11 is 0. The summed E-state index contributed by atoms with van der Waals surface area (Å²) in [5.41, 5.74) is 3.12. The van der Waals surface area contributed by atoms with E-state index in [1.54, 1.807) is 12.4 Å². The van der Waals surface area contributed by atoms with Crippen molar-refractivity contribution in [1.29, 1.82) is 0 Å². The third kappa shape index (κ3) is 2.56. The van der Waals surface area contributed by atoms with Crippen molar-refractivity contribution in [2.45, 2.75) is 6.92 Å². The molecule has 3 rings (SSSR count). The van der Waals surface area contributed by atoms with E-state index < -0.39 is 0 Å². The van der Waals surface area contributed by atoms with E-state index in [2.05, 4.69) is 38.4 Å². The van der Waals surface area contributed by atoms with Crippen LogP contribution in [0.3, 0.4) is 0 Å². The first-order valence-corrected chi connectivity index (χ1v) is 6.55. The number of anilines is 1. The molecule has 0 saturated carbocycles. The molecule has 0 atom stereocenters. The fourth-order valence-electron chi connectivity index (χ4n) is 2.33. The van der Waals surface area contributed by atoms with Crippen molar-refractivity contribution < 1.29 is 0 Å². The van der Waals surface area contributed by atoms with Crippen LogP contribution in [0.15, 0.2) is 30.6 Å². The zero-order valence-electron chi connectivity index (χ0n) is 11.0. The van der Waals surface area contributed by atoms with Gasteiger partial charge in [0.2, 0.25) is 0 Å². The largest absolute Gasteiger partial charge is 0.352 e. The highest BCUT2D eigenvalue weighted by atomic mass is 15.3. The lowest BCUT2D eigenvalue weighted by Crippen LogP contribution is -2.44. The van der Waals surface area contributed by atoms with Gasteiger partial charge in [0.05, 0.1) is 5.69 Å². The summed E-state index contributed by atoms with van der Waals surface area (Å²) in [4.78, 5) is 6.31. The van der Waals surface area contributed by atoms with Crippen molar-refractivity contribution in [3.63, 3.8) is 0 Å². The highest BCUT2D eigenvalue weighted by molar-refractivity contribution is 5.61. The first-order chi connectivity index (χ1) is 9.34. The van der Waals surface area contributed by atoms with Crippen molar-refractivity contribution in [2.24, 2.45) is 0 Å². The molecule has 2 aromatic rings. The van der Waals surface area contributed by atoms with Crippen molar-refractivity contribution in [2.75, 3.05) is 31.1 Å². The second-order valence-corrected chi connectivity index (χ2v) is 4.71. The van der Waals surface area contributed by atoms with E-state index in [-0.39, 0.29) is 0 Å². The number of aryl methyl sites for hydroxylation is 1. The molecule has 0 spiro atoms. The molecule has 1 aliphatic heterocycles. The summed E-state index contributed by atoms with van der Waals surface area (Å²) in [6.45, 7) is 6.09. The van der Waals surface area contributed by atoms with Gasteiger partial charge in [0.25, 0.3) is 0 Å². The predicted octanol–water partition coefficient (Wildman–Crippen LogP) is 1.26. The predicted molar refractivity (Wildman–Crippen MR) is 75.1 cm³/mol. The van der Waals surface area contributed by atoms with Crippen LogP contribution in [0, 0.1) is 6.92 Å². The molecule has 1 aliphatic rings. The normalized spacial score (nSPS) is 15.5. The van der Waals surface area contributed by atoms with E-state index in [1.807, 2.05) is 12.1 Å². The van der Waals surface area contributed by atoms with Gasteiger partial charge in [-0.2, -0.15) is 0 Å². The monoisotopic (exact) mass is 255 g/mol. The van der Waals surface area contributed by atoms with Gasteiger partial charge in [-0.1, -0.05) is 0 Å². The molecule has 0 aromatic carbocycles. The first kappa shape index (κ1) is 12.0. The summed E-state index contributed by atoms with van der Waals surface area (Å²) in [5, 5.41) is 12.1. The van der Waals surface area contributed by atoms with Gasteiger partial charge in [-0.3, -0.25) is 4.98 Å². The zero-order valence-corrected chi connectivity index (χ0v) is 11.0. The lowest BCUT2D eigenvalue weighted by molar-refractivity contribution is 0.581. The molecule has 19 heavy (non-hydrogen) atoms. The van der Waals surface area contributed by atoms with E-state index in [4.69, 9.17) is 0 Å². The molecule has 98 valence electrons. The molecule has 1 fully saturated rings. The Kier molecular flexibility index (Phi) is 3.37. The van der Waals surface area contributed by atoms with Crippen molar-refractivity contribution in [3.8, 4) is 11.3 Å². The van der Waals surface area contributed by atoms with Gasteiger partial charge >= 0.3 is 0 Å². The highest BCUT2D eigenvalue weighted by Crippen LogP contribution is 2.22. The Balaban J connectivity index is 1.89. The Bertz CT molecular complexity index is 549. The van der Waals surface area contributed by atoms with Crippen LogP contribution in [0.5, 0.6) is 0 Å². The van der Waals surface area contributed by atoms with E-state index in [0.29, 0.717) is 0 Å². The maximum absolute atomic E-state index is 4.41. The van der Waals surface area contributed by atoms with Crippen molar-refractivity contribution in [3.05, 3.63) is 36.2 Å². The van der Waals surface area contributed by atoms with E-state index in [0.717, 1.165) is 43.3 Å². The smallest absolute Gasteiger partial charge is 0.154 e. The van der Waals surface area contributed by atoms with E-state index in [1.165, 1.54) is 5.56 Å². The van der Waals surface area contributed by atoms with Crippen LogP contribution in [-0.2, 0) is 0 Å². The SMILES string of the molecule is Cc1cc(-c2ccncc2)nnc1N1CCNCC1. The maximum Gasteiger partial charge on any atom is 0.154 e. The number of nitrogens with one attached hydrogen (secondary N) is 1. The number of nitrogens with zero attached hydrogens (tertiary/aromatic N) is 4. The van der Waals surface area contributed by atoms with E-state index >= 15 is 0 Å². The van der Waals surface area contributed by atoms with E-state index in [9.17, 15) is 0 Å². The molecule has 1 N–H and O–H groups in total. The standard InChI is InChI=1S/C14H17N5/c1-11-10-13(12-2-4-15-5-3-12)17-18-14(11)19-8-6-16-7-9-19/h2-5,10,16H,6-9H2,1H3. The van der Waals surface area contributed by atoms with Gasteiger partial charge in [-0.05, 0) is 30.7 Å². The van der Waals surface area contributed by atoms with Crippen LogP contribution in [0.25, 0.3) is 11.3 Å². The maximum atomic E-state index is 4.41. The molecule has 0 amide bonds. The summed E-state index contributed by atoms with van der Waals surface area (Å²) < 4.78 is 0. The summed E-state index contributed by atoms with van der Waals surface area (Å²) in [6, 6.07) is 6.00. The van der Waals surface area contributed by atoms with Crippen LogP contribution in [0.1, 0.15) is 5.56 Å². The van der Waals surface area contributed by atoms with Gasteiger partial charge in [0.1, 0.15) is 0 Å². The lowest BCUT2D eigenvalue weighted by Gasteiger charge is -2.29. The quantitative estimate of drug-likeness (QED) is 0.875. The average molecular weight is 255 g/mol. The van der Waals surface area contributed by atoms with Crippen molar-refractivity contribution >= 4 is 5.82 Å². The van der Waals surface area contributed by atoms with Gasteiger partial charge in [0.15, 0.2) is 5.82 Å². The van der Waals surface area contributed by atoms with Gasteiger partial charge in [-0.15, -0.1) is 10.2 Å². The molecular formula is C14H17N5. The summed E-state index contributed by atoms with van der Waals surface area (Å²) in [7, 11) is 0. The minimum atomic E-state index is 0.902. The topological polar surface area (TPSA) is 53.9 Å². The number of hydrogen-bond acceptors (Lipinski definition) is 5. The zero-order chi connectivity index (χ0) is 13.1. The molecule has 3 heterocycles. The summed E-state index contributed by atoms with van der Waals surface area (Å²) in [5.74, 6) is 0.999. The third-order valence-electron chi connectivity index (χ3n) is 3.35. The van der Waals surface area contributed by atoms with Crippen molar-refractivity contribution in [1.82, 2.24) is 20.5 Å². The number of pyridine rings is 1. The molecule has 0 aliphatic carbocycles. The average Bonchev–Trinajstić information content (AvgIpc) is 2.49. The van der Waals surface area contributed by atoms with Gasteiger partial charge < -0.3 is 10.2 Å². The minimum Gasteiger partial charge on any atom is -0.352 e. The lowest BCUT2D eigenvalue weighted by atomic mass is 10.1. The number of aromatic nitrogens is 3. The molecule has 1 saturated heterocycles. The van der Waals surface area contributed by atoms with Crippen LogP contribution in [0.2, 0.25) is 0 Å². The Hall–Kier alpha value is -2.01. The summed E-state index contributed by atoms with van der Waals surface area (Å²) in [6.07, 6.45) is 3.55. The molecule has 0 radical (unpaired) electrons. The Morgan fingerprint density at radius 2 is 1.84 bits per heavy atom. The molecular weight excluding hydrogens is 238 g/mol. The fourth-order valence-corrected chi connectivity index (χ4v) is 2.33. The van der Waals surface area contributed by atoms with Crippen LogP contribution < -0.4 is 10.2 Å². The molecule has 5 nitrogen and oxygen atoms in total. The Morgan fingerprint density at radius 3 is 2.53 bits per heavy atom. The molecule has 0 unspecified atom stereocenters. The van der Waals surface area contributed by atoms with Crippen LogP contribution in [-0.4, -0.2) is 41.4 Å². The highest BCUT2D eigenvalue weighted by Gasteiger charge is 2.15. The van der Waals surface area contributed by atoms with Crippen LogP contribution >= 0.6 is 0 Å². The second kappa shape index (κ2) is 5.32. The number of piperazine rings is 1. The molecule has 0 bridgehead atoms. The Morgan fingerprint density at radius 1 is 1.11 bits per heavy atom. The minimum absolute atomic E-state index is 0.902. The second-order valence-electron chi connectivity index (χ2n) is 4.71. The Labute approximate surface area is 112 Å². The molecule has 5 heteroatoms. The fraction of sp³-hybridized carbons (Fsp3) is 0.357. The van der Waals surface area contributed by atoms with Gasteiger partial charge in [-0.25, -0.2) is 0 Å². The first-order valence-electron chi connectivity index (χ1n) is 6.55. The third-order valence-corrected chi connectivity index (χ3v) is 3.35. The van der Waals surface area contributed by atoms with Crippen LogP contribution in [0.4, 0.5) is 5.82 Å².